The fourth-order valence-corrected chi connectivity index (χ4v) is 2.95. The summed E-state index contributed by atoms with van der Waals surface area (Å²) in [6, 6.07) is 4.81. The molecule has 102 valence electrons. The molecule has 0 spiro atoms. The summed E-state index contributed by atoms with van der Waals surface area (Å²) < 4.78 is 41.7. The molecule has 0 radical (unpaired) electrons. The maximum absolute atomic E-state index is 12.1. The summed E-state index contributed by atoms with van der Waals surface area (Å²) in [6.07, 6.45) is -4.17. The number of alkyl halides is 3. The van der Waals surface area contributed by atoms with Crippen molar-refractivity contribution in [3.8, 4) is 5.75 Å². The Morgan fingerprint density at radius 1 is 1.44 bits per heavy atom. The van der Waals surface area contributed by atoms with E-state index in [-0.39, 0.29) is 0 Å². The summed E-state index contributed by atoms with van der Waals surface area (Å²) >= 11 is 11.5. The maximum Gasteiger partial charge on any atom is 0.398 e. The molecule has 1 aromatic rings. The Bertz CT molecular complexity index is 473. The van der Waals surface area contributed by atoms with Crippen LogP contribution in [0.4, 0.5) is 13.2 Å². The van der Waals surface area contributed by atoms with Crippen molar-refractivity contribution in [1.82, 2.24) is 0 Å². The normalized spacial score (nSPS) is 15.2. The van der Waals surface area contributed by atoms with E-state index in [0.29, 0.717) is 16.2 Å². The van der Waals surface area contributed by atoms with Gasteiger partial charge in [-0.15, -0.1) is 11.8 Å². The number of aryl methyl sites for hydroxylation is 1. The zero-order valence-corrected chi connectivity index (χ0v) is 12.9. The molecule has 0 N–H and O–H groups in total. The summed E-state index contributed by atoms with van der Waals surface area (Å²) in [4.78, 5) is 0.568. The van der Waals surface area contributed by atoms with E-state index in [1.54, 1.807) is 31.8 Å². The van der Waals surface area contributed by atoms with E-state index in [1.807, 2.05) is 0 Å². The van der Waals surface area contributed by atoms with Gasteiger partial charge in [0.25, 0.3) is 0 Å². The molecule has 0 amide bonds. The van der Waals surface area contributed by atoms with Crippen LogP contribution >= 0.6 is 28.6 Å². The SMILES string of the molecule is Cc1cc(OP(C)(=S)Cl)ccc1SCC(F)(F)F. The molecule has 0 saturated heterocycles. The van der Waals surface area contributed by atoms with Gasteiger partial charge in [0.2, 0.25) is 0 Å². The van der Waals surface area contributed by atoms with Crippen LogP contribution < -0.4 is 4.52 Å². The molecule has 1 unspecified atom stereocenters. The van der Waals surface area contributed by atoms with Gasteiger partial charge in [-0.25, -0.2) is 0 Å². The smallest absolute Gasteiger partial charge is 0.398 e. The van der Waals surface area contributed by atoms with Gasteiger partial charge in [-0.1, -0.05) is 0 Å². The zero-order valence-electron chi connectivity index (χ0n) is 9.62. The van der Waals surface area contributed by atoms with Crippen molar-refractivity contribution >= 4 is 40.4 Å². The summed E-state index contributed by atoms with van der Waals surface area (Å²) in [5.41, 5.74) is -1.64. The summed E-state index contributed by atoms with van der Waals surface area (Å²) in [6.45, 7) is 3.34. The summed E-state index contributed by atoms with van der Waals surface area (Å²) in [5, 5.41) is 0. The van der Waals surface area contributed by atoms with Crippen LogP contribution in [0.5, 0.6) is 5.75 Å². The van der Waals surface area contributed by atoms with E-state index >= 15 is 0 Å². The maximum atomic E-state index is 12.1. The van der Waals surface area contributed by atoms with Gasteiger partial charge in [0.05, 0.1) is 5.75 Å². The van der Waals surface area contributed by atoms with Gasteiger partial charge < -0.3 is 4.52 Å². The number of thioether (sulfide) groups is 1. The van der Waals surface area contributed by atoms with Crippen LogP contribution in [0.2, 0.25) is 0 Å². The van der Waals surface area contributed by atoms with Crippen molar-refractivity contribution in [3.63, 3.8) is 0 Å². The van der Waals surface area contributed by atoms with E-state index in [0.717, 1.165) is 11.8 Å². The van der Waals surface area contributed by atoms with Crippen molar-refractivity contribution in [2.45, 2.75) is 18.0 Å². The minimum absolute atomic E-state index is 0.490. The Morgan fingerprint density at radius 3 is 2.50 bits per heavy atom. The molecule has 0 heterocycles. The lowest BCUT2D eigenvalue weighted by atomic mass is 10.2. The van der Waals surface area contributed by atoms with Crippen LogP contribution in [0.3, 0.4) is 0 Å². The highest BCUT2D eigenvalue weighted by atomic mass is 35.7. The second-order valence-electron chi connectivity index (χ2n) is 3.67. The first kappa shape index (κ1) is 16.2. The fourth-order valence-electron chi connectivity index (χ4n) is 1.19. The first-order valence-corrected chi connectivity index (χ1v) is 9.89. The molecule has 1 aromatic carbocycles. The Balaban J connectivity index is 2.77. The average molecular weight is 335 g/mol. The van der Waals surface area contributed by atoms with Crippen LogP contribution in [-0.4, -0.2) is 18.6 Å². The molecule has 0 aliphatic carbocycles. The Morgan fingerprint density at radius 2 is 2.06 bits per heavy atom. The quantitative estimate of drug-likeness (QED) is 0.553. The number of hydrogen-bond acceptors (Lipinski definition) is 3. The van der Waals surface area contributed by atoms with Crippen molar-refractivity contribution < 1.29 is 17.7 Å². The third-order valence-corrected chi connectivity index (χ3v) is 4.01. The van der Waals surface area contributed by atoms with E-state index in [4.69, 9.17) is 27.6 Å². The van der Waals surface area contributed by atoms with Gasteiger partial charge in [-0.2, -0.15) is 13.2 Å². The highest BCUT2D eigenvalue weighted by Crippen LogP contribution is 2.49. The summed E-state index contributed by atoms with van der Waals surface area (Å²) in [7, 11) is 0. The van der Waals surface area contributed by atoms with Crippen LogP contribution in [0.1, 0.15) is 5.56 Å². The first-order valence-electron chi connectivity index (χ1n) is 4.84. The van der Waals surface area contributed by atoms with Crippen LogP contribution in [0, 0.1) is 6.92 Å². The second kappa shape index (κ2) is 6.04. The Hall–Kier alpha value is 0.1000. The minimum Gasteiger partial charge on any atom is -0.453 e. The molecule has 0 bridgehead atoms. The van der Waals surface area contributed by atoms with Gasteiger partial charge in [0.15, 0.2) is 5.62 Å². The molecule has 1 rings (SSSR count). The van der Waals surface area contributed by atoms with Crippen molar-refractivity contribution in [2.75, 3.05) is 12.4 Å². The molecule has 1 nitrogen and oxygen atoms in total. The van der Waals surface area contributed by atoms with Gasteiger partial charge in [0.1, 0.15) is 5.75 Å². The van der Waals surface area contributed by atoms with E-state index < -0.39 is 17.5 Å². The van der Waals surface area contributed by atoms with E-state index in [1.165, 1.54) is 0 Å². The van der Waals surface area contributed by atoms with Crippen molar-refractivity contribution in [3.05, 3.63) is 23.8 Å². The second-order valence-corrected chi connectivity index (χ2v) is 11.0. The van der Waals surface area contributed by atoms with Crippen LogP contribution in [-0.2, 0) is 11.8 Å². The first-order chi connectivity index (χ1) is 8.07. The topological polar surface area (TPSA) is 9.23 Å². The monoisotopic (exact) mass is 334 g/mol. The van der Waals surface area contributed by atoms with Crippen LogP contribution in [0.15, 0.2) is 23.1 Å². The number of rotatable bonds is 4. The number of benzene rings is 1. The molecule has 0 fully saturated rings. The fraction of sp³-hybridized carbons (Fsp3) is 0.400. The zero-order chi connectivity index (χ0) is 14.0. The van der Waals surface area contributed by atoms with Gasteiger partial charge in [0, 0.05) is 11.6 Å². The lowest BCUT2D eigenvalue weighted by molar-refractivity contribution is -0.105. The highest BCUT2D eigenvalue weighted by Gasteiger charge is 2.27. The Kier molecular flexibility index (Phi) is 5.42. The van der Waals surface area contributed by atoms with Gasteiger partial charge >= 0.3 is 6.18 Å². The van der Waals surface area contributed by atoms with Gasteiger partial charge in [-0.3, -0.25) is 0 Å². The lowest BCUT2D eigenvalue weighted by Crippen LogP contribution is -2.10. The van der Waals surface area contributed by atoms with Crippen molar-refractivity contribution in [2.24, 2.45) is 0 Å². The number of halogens is 4. The average Bonchev–Trinajstić information content (AvgIpc) is 2.12. The minimum atomic E-state index is -4.17. The highest BCUT2D eigenvalue weighted by molar-refractivity contribution is 8.24. The molecule has 0 saturated carbocycles. The number of hydrogen-bond donors (Lipinski definition) is 0. The third-order valence-electron chi connectivity index (χ3n) is 1.81. The largest absolute Gasteiger partial charge is 0.453 e. The standard InChI is InChI=1S/C10H11ClF3OPS2/c1-7-5-8(15-16(2,11)17)3-4-9(7)18-6-10(12,13)14/h3-5H,6H2,1-2H3. The molecule has 0 aromatic heterocycles. The third kappa shape index (κ3) is 6.32. The predicted molar refractivity (Wildman–Crippen MR) is 74.6 cm³/mol. The van der Waals surface area contributed by atoms with Crippen molar-refractivity contribution in [1.29, 1.82) is 0 Å². The Labute approximate surface area is 118 Å². The van der Waals surface area contributed by atoms with Gasteiger partial charge in [-0.05, 0) is 53.7 Å². The molecular weight excluding hydrogens is 324 g/mol. The summed E-state index contributed by atoms with van der Waals surface area (Å²) in [5.74, 6) is -0.417. The van der Waals surface area contributed by atoms with Crippen LogP contribution in [0.25, 0.3) is 0 Å². The predicted octanol–water partition coefficient (Wildman–Crippen LogP) is 5.21. The molecule has 0 aliphatic heterocycles. The lowest BCUT2D eigenvalue weighted by Gasteiger charge is -2.13. The molecule has 18 heavy (non-hydrogen) atoms. The van der Waals surface area contributed by atoms with E-state index in [2.05, 4.69) is 0 Å². The molecular formula is C10H11ClF3OPS2. The van der Waals surface area contributed by atoms with E-state index in [9.17, 15) is 13.2 Å². The molecule has 1 atom stereocenters. The molecule has 8 heteroatoms. The molecule has 0 aliphatic rings.